The predicted octanol–water partition coefficient (Wildman–Crippen LogP) is 4.92. The lowest BCUT2D eigenvalue weighted by atomic mass is 9.85. The van der Waals surface area contributed by atoms with Gasteiger partial charge in [-0.05, 0) is 61.9 Å². The first-order chi connectivity index (χ1) is 20.2. The SMILES string of the molecule is COCC(=O)Cc1ccc(-n2c(=O)n(CC3CCC(NC(=O)c4cc(Cl)cnc4C(F)F)CC3)c3ccccc32)cn1. The average Bonchev–Trinajstić information content (AvgIpc) is 3.25. The topological polar surface area (TPSA) is 108 Å². The van der Waals surface area contributed by atoms with Gasteiger partial charge in [-0.15, -0.1) is 0 Å². The van der Waals surface area contributed by atoms with Gasteiger partial charge in [-0.25, -0.2) is 13.6 Å². The highest BCUT2D eigenvalue weighted by Crippen LogP contribution is 2.29. The number of halogens is 3. The molecule has 1 saturated carbocycles. The Morgan fingerprint density at radius 2 is 1.81 bits per heavy atom. The summed E-state index contributed by atoms with van der Waals surface area (Å²) < 4.78 is 35.0. The monoisotopic (exact) mass is 597 g/mol. The first-order valence-corrected chi connectivity index (χ1v) is 14.0. The number of rotatable bonds is 10. The maximum absolute atomic E-state index is 13.7. The highest BCUT2D eigenvalue weighted by molar-refractivity contribution is 6.30. The Hall–Kier alpha value is -3.96. The first kappa shape index (κ1) is 29.5. The summed E-state index contributed by atoms with van der Waals surface area (Å²) in [6.45, 7) is 0.515. The minimum absolute atomic E-state index is 0.0175. The van der Waals surface area contributed by atoms with Crippen LogP contribution in [0.15, 0.2) is 59.7 Å². The molecule has 5 rings (SSSR count). The summed E-state index contributed by atoms with van der Waals surface area (Å²) >= 11 is 5.90. The number of carbonyl (C=O) groups excluding carboxylic acids is 2. The van der Waals surface area contributed by atoms with Crippen LogP contribution in [-0.4, -0.2) is 50.6 Å². The predicted molar refractivity (Wildman–Crippen MR) is 153 cm³/mol. The van der Waals surface area contributed by atoms with Gasteiger partial charge in [0.1, 0.15) is 12.3 Å². The Labute approximate surface area is 245 Å². The molecule has 0 spiro atoms. The quantitative estimate of drug-likeness (QED) is 0.278. The molecule has 1 amide bonds. The van der Waals surface area contributed by atoms with Crippen LogP contribution in [0.5, 0.6) is 0 Å². The van der Waals surface area contributed by atoms with Crippen LogP contribution >= 0.6 is 11.6 Å². The second-order valence-corrected chi connectivity index (χ2v) is 10.9. The Morgan fingerprint density at radius 1 is 1.07 bits per heavy atom. The number of nitrogens with zero attached hydrogens (tertiary/aromatic N) is 4. The third-order valence-electron chi connectivity index (χ3n) is 7.55. The van der Waals surface area contributed by atoms with Crippen molar-refractivity contribution in [2.24, 2.45) is 5.92 Å². The molecule has 3 aromatic heterocycles. The van der Waals surface area contributed by atoms with Crippen LogP contribution in [-0.2, 0) is 22.5 Å². The number of carbonyl (C=O) groups is 2. The largest absolute Gasteiger partial charge is 0.377 e. The lowest BCUT2D eigenvalue weighted by molar-refractivity contribution is -0.122. The van der Waals surface area contributed by atoms with E-state index in [4.69, 9.17) is 16.3 Å². The summed E-state index contributed by atoms with van der Waals surface area (Å²) in [6.07, 6.45) is 2.74. The van der Waals surface area contributed by atoms with Crippen molar-refractivity contribution in [2.45, 2.75) is 51.1 Å². The van der Waals surface area contributed by atoms with Crippen LogP contribution in [0.4, 0.5) is 8.78 Å². The number of amides is 1. The molecule has 1 N–H and O–H groups in total. The Bertz CT molecular complexity index is 1650. The van der Waals surface area contributed by atoms with Crippen molar-refractivity contribution in [3.8, 4) is 5.69 Å². The zero-order valence-electron chi connectivity index (χ0n) is 22.9. The van der Waals surface area contributed by atoms with E-state index in [1.807, 2.05) is 24.3 Å². The minimum atomic E-state index is -2.89. The average molecular weight is 598 g/mol. The van der Waals surface area contributed by atoms with Gasteiger partial charge in [0.15, 0.2) is 5.78 Å². The van der Waals surface area contributed by atoms with Crippen molar-refractivity contribution < 1.29 is 23.1 Å². The second kappa shape index (κ2) is 12.9. The van der Waals surface area contributed by atoms with Gasteiger partial charge in [0.05, 0.1) is 39.9 Å². The standard InChI is InChI=1S/C30H30ClF2N5O4/c1-42-17-23(39)13-21-10-11-22(15-34-21)38-26-5-3-2-4-25(26)37(30(38)41)16-18-6-8-20(9-7-18)36-29(40)24-12-19(31)14-35-27(24)28(32)33/h2-5,10-12,14-15,18,20,28H,6-9,13,16-17H2,1H3,(H,36,40). The molecule has 42 heavy (non-hydrogen) atoms. The van der Waals surface area contributed by atoms with Crippen molar-refractivity contribution in [3.05, 3.63) is 87.3 Å². The van der Waals surface area contributed by atoms with Crippen molar-refractivity contribution in [3.63, 3.8) is 0 Å². The van der Waals surface area contributed by atoms with E-state index in [1.165, 1.54) is 13.2 Å². The van der Waals surface area contributed by atoms with Crippen LogP contribution in [0, 0.1) is 5.92 Å². The molecule has 0 saturated heterocycles. The van der Waals surface area contributed by atoms with Gasteiger partial charge >= 0.3 is 5.69 Å². The van der Waals surface area contributed by atoms with Crippen molar-refractivity contribution >= 4 is 34.3 Å². The number of imidazole rings is 1. The lowest BCUT2D eigenvalue weighted by Gasteiger charge is -2.29. The van der Waals surface area contributed by atoms with Crippen LogP contribution in [0.1, 0.15) is 53.9 Å². The normalized spacial score (nSPS) is 17.1. The van der Waals surface area contributed by atoms with E-state index < -0.39 is 18.0 Å². The summed E-state index contributed by atoms with van der Waals surface area (Å²) in [7, 11) is 1.47. The number of methoxy groups -OCH3 is 1. The highest BCUT2D eigenvalue weighted by Gasteiger charge is 2.27. The molecule has 4 aromatic rings. The van der Waals surface area contributed by atoms with Gasteiger partial charge in [0.2, 0.25) is 0 Å². The number of nitrogens with one attached hydrogen (secondary N) is 1. The molecule has 1 aromatic carbocycles. The molecule has 0 atom stereocenters. The maximum Gasteiger partial charge on any atom is 0.333 e. The molecule has 0 radical (unpaired) electrons. The number of hydrogen-bond donors (Lipinski definition) is 1. The zero-order chi connectivity index (χ0) is 29.8. The molecule has 220 valence electrons. The van der Waals surface area contributed by atoms with Gasteiger partial charge in [0, 0.05) is 31.6 Å². The summed E-state index contributed by atoms with van der Waals surface area (Å²) in [5, 5.41) is 2.97. The number of alkyl halides is 2. The van der Waals surface area contributed by atoms with E-state index in [2.05, 4.69) is 15.3 Å². The van der Waals surface area contributed by atoms with E-state index in [0.29, 0.717) is 30.8 Å². The number of pyridine rings is 2. The molecule has 12 heteroatoms. The lowest BCUT2D eigenvalue weighted by Crippen LogP contribution is -2.39. The molecule has 9 nitrogen and oxygen atoms in total. The van der Waals surface area contributed by atoms with E-state index in [1.54, 1.807) is 27.5 Å². The fourth-order valence-corrected chi connectivity index (χ4v) is 5.68. The van der Waals surface area contributed by atoms with E-state index in [0.717, 1.165) is 30.1 Å². The Kier molecular flexibility index (Phi) is 9.08. The van der Waals surface area contributed by atoms with Crippen molar-refractivity contribution in [1.82, 2.24) is 24.4 Å². The fourth-order valence-electron chi connectivity index (χ4n) is 5.52. The van der Waals surface area contributed by atoms with Gasteiger partial charge < -0.3 is 10.1 Å². The number of fused-ring (bicyclic) bond motifs is 1. The van der Waals surface area contributed by atoms with Gasteiger partial charge in [-0.1, -0.05) is 23.7 Å². The number of benzene rings is 1. The Morgan fingerprint density at radius 3 is 2.48 bits per heavy atom. The second-order valence-electron chi connectivity index (χ2n) is 10.5. The Balaban J connectivity index is 1.28. The molecule has 1 fully saturated rings. The molecule has 0 aliphatic heterocycles. The number of ketones is 1. The fraction of sp³-hybridized carbons (Fsp3) is 0.367. The van der Waals surface area contributed by atoms with Gasteiger partial charge in [-0.3, -0.25) is 28.7 Å². The van der Waals surface area contributed by atoms with Crippen molar-refractivity contribution in [2.75, 3.05) is 13.7 Å². The number of ether oxygens (including phenoxy) is 1. The van der Waals surface area contributed by atoms with Crippen LogP contribution in [0.2, 0.25) is 5.02 Å². The third-order valence-corrected chi connectivity index (χ3v) is 7.75. The third kappa shape index (κ3) is 6.42. The maximum atomic E-state index is 13.7. The molecule has 3 heterocycles. The molecule has 0 unspecified atom stereocenters. The summed E-state index contributed by atoms with van der Waals surface area (Å²) in [6, 6.07) is 12.1. The summed E-state index contributed by atoms with van der Waals surface area (Å²) in [5.41, 5.74) is 1.74. The highest BCUT2D eigenvalue weighted by atomic mass is 35.5. The first-order valence-electron chi connectivity index (χ1n) is 13.7. The van der Waals surface area contributed by atoms with Crippen LogP contribution < -0.4 is 11.0 Å². The minimum Gasteiger partial charge on any atom is -0.377 e. The van der Waals surface area contributed by atoms with Gasteiger partial charge in [0.25, 0.3) is 12.3 Å². The van der Waals surface area contributed by atoms with E-state index in [-0.39, 0.29) is 47.0 Å². The number of aromatic nitrogens is 4. The molecule has 0 bridgehead atoms. The molecule has 1 aliphatic carbocycles. The van der Waals surface area contributed by atoms with Gasteiger partial charge in [-0.2, -0.15) is 0 Å². The van der Waals surface area contributed by atoms with E-state index >= 15 is 0 Å². The smallest absolute Gasteiger partial charge is 0.333 e. The van der Waals surface area contributed by atoms with Crippen LogP contribution in [0.25, 0.3) is 16.7 Å². The number of para-hydroxylation sites is 2. The molecular formula is C30H30ClF2N5O4. The van der Waals surface area contributed by atoms with Crippen LogP contribution in [0.3, 0.4) is 0 Å². The van der Waals surface area contributed by atoms with Crippen molar-refractivity contribution in [1.29, 1.82) is 0 Å². The molecular weight excluding hydrogens is 568 g/mol. The summed E-state index contributed by atoms with van der Waals surface area (Å²) in [4.78, 5) is 46.4. The number of hydrogen-bond acceptors (Lipinski definition) is 6. The zero-order valence-corrected chi connectivity index (χ0v) is 23.7. The molecule has 1 aliphatic rings. The number of Topliss-reactive ketones (excluding diaryl/α,β-unsaturated/α-hetero) is 1. The summed E-state index contributed by atoms with van der Waals surface area (Å²) in [5.74, 6) is -0.516. The van der Waals surface area contributed by atoms with E-state index in [9.17, 15) is 23.2 Å².